The van der Waals surface area contributed by atoms with E-state index in [9.17, 15) is 4.79 Å². The molecule has 0 saturated carbocycles. The van der Waals surface area contributed by atoms with Crippen LogP contribution >= 0.6 is 12.2 Å². The molecule has 0 aliphatic rings. The molecule has 0 aliphatic heterocycles. The van der Waals surface area contributed by atoms with Gasteiger partial charge in [-0.15, -0.1) is 0 Å². The average molecular weight is 189 g/mol. The van der Waals surface area contributed by atoms with Crippen molar-refractivity contribution in [3.05, 3.63) is 0 Å². The van der Waals surface area contributed by atoms with Crippen LogP contribution < -0.4 is 11.1 Å². The Morgan fingerprint density at radius 3 is 2.67 bits per heavy atom. The zero-order chi connectivity index (χ0) is 9.56. The van der Waals surface area contributed by atoms with E-state index in [0.717, 1.165) is 6.42 Å². The Hall–Kier alpha value is -0.840. The summed E-state index contributed by atoms with van der Waals surface area (Å²) < 4.78 is 0. The van der Waals surface area contributed by atoms with Gasteiger partial charge in [0.2, 0.25) is 0 Å². The standard InChI is InChI=1S/C7H15N3OS/c1-3-4-9-7(11)10(2)5-6(8)12/h3-5H2,1-2H3,(H2,8,12)(H,9,11). The molecule has 3 N–H and O–H groups in total. The summed E-state index contributed by atoms with van der Waals surface area (Å²) in [5.74, 6) is 0. The van der Waals surface area contributed by atoms with Crippen LogP contribution in [0.25, 0.3) is 0 Å². The van der Waals surface area contributed by atoms with E-state index in [1.165, 1.54) is 4.90 Å². The van der Waals surface area contributed by atoms with Crippen molar-refractivity contribution in [3.8, 4) is 0 Å². The van der Waals surface area contributed by atoms with Gasteiger partial charge in [0.05, 0.1) is 11.5 Å². The molecule has 0 aromatic heterocycles. The maximum absolute atomic E-state index is 11.1. The molecule has 0 aromatic carbocycles. The SMILES string of the molecule is CCCNC(=O)N(C)CC(N)=S. The Balaban J connectivity index is 3.69. The summed E-state index contributed by atoms with van der Waals surface area (Å²) in [5, 5.41) is 2.71. The second-order valence-corrected chi connectivity index (χ2v) is 3.08. The highest BCUT2D eigenvalue weighted by molar-refractivity contribution is 7.80. The first-order valence-corrected chi connectivity index (χ1v) is 4.26. The Morgan fingerprint density at radius 2 is 2.25 bits per heavy atom. The zero-order valence-electron chi connectivity index (χ0n) is 7.46. The summed E-state index contributed by atoms with van der Waals surface area (Å²) in [6, 6.07) is -0.135. The van der Waals surface area contributed by atoms with Crippen molar-refractivity contribution in [3.63, 3.8) is 0 Å². The third-order valence-corrected chi connectivity index (χ3v) is 1.40. The lowest BCUT2D eigenvalue weighted by Crippen LogP contribution is -2.41. The third kappa shape index (κ3) is 4.90. The van der Waals surface area contributed by atoms with Crippen molar-refractivity contribution in [2.45, 2.75) is 13.3 Å². The first-order valence-electron chi connectivity index (χ1n) is 3.85. The molecule has 0 bridgehead atoms. The lowest BCUT2D eigenvalue weighted by atomic mass is 10.5. The predicted molar refractivity (Wildman–Crippen MR) is 53.1 cm³/mol. The fourth-order valence-corrected chi connectivity index (χ4v) is 0.866. The number of amides is 2. The van der Waals surface area contributed by atoms with Gasteiger partial charge in [0.25, 0.3) is 0 Å². The molecule has 0 radical (unpaired) electrons. The van der Waals surface area contributed by atoms with Gasteiger partial charge in [0, 0.05) is 13.6 Å². The van der Waals surface area contributed by atoms with Gasteiger partial charge < -0.3 is 16.0 Å². The number of carbonyl (C=O) groups excluding carboxylic acids is 1. The van der Waals surface area contributed by atoms with E-state index in [4.69, 9.17) is 5.73 Å². The quantitative estimate of drug-likeness (QED) is 0.626. The average Bonchev–Trinajstić information content (AvgIpc) is 1.98. The lowest BCUT2D eigenvalue weighted by Gasteiger charge is -2.16. The fraction of sp³-hybridized carbons (Fsp3) is 0.714. The first kappa shape index (κ1) is 11.2. The molecule has 0 rings (SSSR count). The summed E-state index contributed by atoms with van der Waals surface area (Å²) >= 11 is 4.66. The zero-order valence-corrected chi connectivity index (χ0v) is 8.28. The number of rotatable bonds is 4. The van der Waals surface area contributed by atoms with E-state index in [1.54, 1.807) is 7.05 Å². The van der Waals surface area contributed by atoms with Crippen LogP contribution in [-0.2, 0) is 0 Å². The highest BCUT2D eigenvalue weighted by Crippen LogP contribution is 1.84. The minimum atomic E-state index is -0.135. The van der Waals surface area contributed by atoms with Crippen LogP contribution in [-0.4, -0.2) is 36.1 Å². The molecule has 0 atom stereocenters. The van der Waals surface area contributed by atoms with Crippen molar-refractivity contribution in [1.29, 1.82) is 0 Å². The third-order valence-electron chi connectivity index (χ3n) is 1.27. The van der Waals surface area contributed by atoms with Gasteiger partial charge in [-0.2, -0.15) is 0 Å². The summed E-state index contributed by atoms with van der Waals surface area (Å²) in [7, 11) is 1.66. The molecule has 0 fully saturated rings. The summed E-state index contributed by atoms with van der Waals surface area (Å²) in [6.07, 6.45) is 0.923. The molecule has 5 heteroatoms. The van der Waals surface area contributed by atoms with Crippen LogP contribution in [0.5, 0.6) is 0 Å². The van der Waals surface area contributed by atoms with Crippen molar-refractivity contribution >= 4 is 23.2 Å². The minimum absolute atomic E-state index is 0.135. The topological polar surface area (TPSA) is 58.4 Å². The van der Waals surface area contributed by atoms with E-state index >= 15 is 0 Å². The van der Waals surface area contributed by atoms with Crippen LogP contribution in [0.2, 0.25) is 0 Å². The number of nitrogens with zero attached hydrogens (tertiary/aromatic N) is 1. The number of hydrogen-bond acceptors (Lipinski definition) is 2. The second kappa shape index (κ2) is 5.77. The van der Waals surface area contributed by atoms with Gasteiger partial charge in [0.15, 0.2) is 0 Å². The number of carbonyl (C=O) groups is 1. The number of hydrogen-bond donors (Lipinski definition) is 2. The van der Waals surface area contributed by atoms with E-state index < -0.39 is 0 Å². The molecule has 4 nitrogen and oxygen atoms in total. The van der Waals surface area contributed by atoms with Crippen LogP contribution in [0.15, 0.2) is 0 Å². The molecule has 0 unspecified atom stereocenters. The Kier molecular flexibility index (Phi) is 5.36. The fourth-order valence-electron chi connectivity index (χ4n) is 0.672. The molecule has 0 saturated heterocycles. The van der Waals surface area contributed by atoms with E-state index in [0.29, 0.717) is 18.1 Å². The smallest absolute Gasteiger partial charge is 0.317 e. The first-order chi connectivity index (χ1) is 5.57. The summed E-state index contributed by atoms with van der Waals surface area (Å²) in [4.78, 5) is 12.9. The summed E-state index contributed by atoms with van der Waals surface area (Å²) in [5.41, 5.74) is 5.27. The largest absolute Gasteiger partial charge is 0.392 e. The van der Waals surface area contributed by atoms with Gasteiger partial charge in [0.1, 0.15) is 0 Å². The second-order valence-electron chi connectivity index (χ2n) is 2.55. The molecular weight excluding hydrogens is 174 g/mol. The molecular formula is C7H15N3OS. The molecule has 12 heavy (non-hydrogen) atoms. The maximum Gasteiger partial charge on any atom is 0.317 e. The Labute approximate surface area is 78.1 Å². The molecule has 2 amide bonds. The van der Waals surface area contributed by atoms with Gasteiger partial charge >= 0.3 is 6.03 Å². The van der Waals surface area contributed by atoms with Gasteiger partial charge in [-0.1, -0.05) is 19.1 Å². The Morgan fingerprint density at radius 1 is 1.67 bits per heavy atom. The maximum atomic E-state index is 11.1. The normalized spacial score (nSPS) is 9.17. The highest BCUT2D eigenvalue weighted by atomic mass is 32.1. The van der Waals surface area contributed by atoms with Gasteiger partial charge in [-0.05, 0) is 6.42 Å². The number of urea groups is 1. The molecule has 0 heterocycles. The molecule has 0 aromatic rings. The molecule has 70 valence electrons. The molecule has 0 aliphatic carbocycles. The monoisotopic (exact) mass is 189 g/mol. The van der Waals surface area contributed by atoms with E-state index in [-0.39, 0.29) is 6.03 Å². The van der Waals surface area contributed by atoms with E-state index in [2.05, 4.69) is 17.5 Å². The van der Waals surface area contributed by atoms with Crippen LogP contribution in [0, 0.1) is 0 Å². The van der Waals surface area contributed by atoms with Crippen LogP contribution in [0.1, 0.15) is 13.3 Å². The van der Waals surface area contributed by atoms with Crippen molar-refractivity contribution < 1.29 is 4.79 Å². The highest BCUT2D eigenvalue weighted by Gasteiger charge is 2.06. The lowest BCUT2D eigenvalue weighted by molar-refractivity contribution is 0.214. The van der Waals surface area contributed by atoms with Crippen LogP contribution in [0.4, 0.5) is 4.79 Å². The Bertz CT molecular complexity index is 172. The number of nitrogens with one attached hydrogen (secondary N) is 1. The number of thiocarbonyl (C=S) groups is 1. The van der Waals surface area contributed by atoms with Gasteiger partial charge in [-0.3, -0.25) is 0 Å². The number of likely N-dealkylation sites (N-methyl/N-ethyl adjacent to an activating group) is 1. The van der Waals surface area contributed by atoms with Crippen molar-refractivity contribution in [1.82, 2.24) is 10.2 Å². The van der Waals surface area contributed by atoms with E-state index in [1.807, 2.05) is 6.92 Å². The van der Waals surface area contributed by atoms with Crippen LogP contribution in [0.3, 0.4) is 0 Å². The number of nitrogens with two attached hydrogens (primary N) is 1. The van der Waals surface area contributed by atoms with Crippen molar-refractivity contribution in [2.75, 3.05) is 20.1 Å². The minimum Gasteiger partial charge on any atom is -0.392 e. The predicted octanol–water partition coefficient (Wildman–Crippen LogP) is 0.324. The molecule has 0 spiro atoms. The van der Waals surface area contributed by atoms with Gasteiger partial charge in [-0.25, -0.2) is 4.79 Å². The summed E-state index contributed by atoms with van der Waals surface area (Å²) in [6.45, 7) is 3.00. The van der Waals surface area contributed by atoms with Crippen molar-refractivity contribution in [2.24, 2.45) is 5.73 Å².